The Hall–Kier alpha value is -3.80. The van der Waals surface area contributed by atoms with Gasteiger partial charge >= 0.3 is 5.97 Å². The van der Waals surface area contributed by atoms with E-state index in [1.165, 1.54) is 20.0 Å². The van der Waals surface area contributed by atoms with Crippen LogP contribution in [0, 0.1) is 5.92 Å². The molecular weight excluding hydrogens is 450 g/mol. The second-order valence-electron chi connectivity index (χ2n) is 9.92. The lowest BCUT2D eigenvalue weighted by Gasteiger charge is -2.39. The van der Waals surface area contributed by atoms with Gasteiger partial charge < -0.3 is 20.3 Å². The van der Waals surface area contributed by atoms with Crippen LogP contribution in [0.3, 0.4) is 0 Å². The van der Waals surface area contributed by atoms with Crippen LogP contribution < -0.4 is 15.5 Å². The number of hydrogen-bond acceptors (Lipinski definition) is 5. The largest absolute Gasteiger partial charge is 0.465 e. The van der Waals surface area contributed by atoms with Crippen molar-refractivity contribution in [2.45, 2.75) is 45.2 Å². The van der Waals surface area contributed by atoms with Gasteiger partial charge in [-0.05, 0) is 97.3 Å². The highest BCUT2D eigenvalue weighted by Crippen LogP contribution is 2.41. The van der Waals surface area contributed by atoms with Gasteiger partial charge in [-0.3, -0.25) is 4.79 Å². The number of nitrogens with zero attached hydrogens (tertiary/aromatic N) is 1. The number of fused-ring (bicyclic) bond motifs is 1. The lowest BCUT2D eigenvalue weighted by molar-refractivity contribution is -0.117. The number of anilines is 3. The molecule has 1 fully saturated rings. The summed E-state index contributed by atoms with van der Waals surface area (Å²) in [6, 6.07) is 22.3. The summed E-state index contributed by atoms with van der Waals surface area (Å²) >= 11 is 0. The Balaban J connectivity index is 1.46. The fraction of sp³-hybridized carbons (Fsp3) is 0.333. The van der Waals surface area contributed by atoms with E-state index >= 15 is 0 Å². The summed E-state index contributed by atoms with van der Waals surface area (Å²) in [5.41, 5.74) is 6.87. The van der Waals surface area contributed by atoms with Gasteiger partial charge in [0, 0.05) is 36.6 Å². The minimum absolute atomic E-state index is 0.0192. The van der Waals surface area contributed by atoms with E-state index < -0.39 is 0 Å². The average molecular weight is 484 g/mol. The SMILES string of the molecule is COC(=O)c1ccc(N[C@@H]2C[C@H](C)N(C(C)=O)c3ccc(-c4cccc(NCC5CC5)c4)cc32)cc1. The van der Waals surface area contributed by atoms with Gasteiger partial charge in [-0.15, -0.1) is 0 Å². The second kappa shape index (κ2) is 10.1. The fourth-order valence-electron chi connectivity index (χ4n) is 5.07. The molecule has 1 aliphatic carbocycles. The zero-order valence-corrected chi connectivity index (χ0v) is 21.1. The maximum Gasteiger partial charge on any atom is 0.337 e. The Bertz CT molecular complexity index is 1270. The first-order valence-electron chi connectivity index (χ1n) is 12.7. The van der Waals surface area contributed by atoms with Crippen molar-refractivity contribution in [3.63, 3.8) is 0 Å². The Morgan fingerprint density at radius 3 is 2.42 bits per heavy atom. The smallest absolute Gasteiger partial charge is 0.337 e. The molecule has 186 valence electrons. The first-order chi connectivity index (χ1) is 17.4. The van der Waals surface area contributed by atoms with Crippen molar-refractivity contribution in [3.05, 3.63) is 77.9 Å². The van der Waals surface area contributed by atoms with Crippen LogP contribution in [0.4, 0.5) is 17.1 Å². The van der Waals surface area contributed by atoms with E-state index in [9.17, 15) is 9.59 Å². The van der Waals surface area contributed by atoms with E-state index in [2.05, 4.69) is 60.0 Å². The molecule has 3 aromatic carbocycles. The van der Waals surface area contributed by atoms with Crippen molar-refractivity contribution >= 4 is 28.9 Å². The van der Waals surface area contributed by atoms with Gasteiger partial charge in [0.05, 0.1) is 18.7 Å². The molecule has 0 radical (unpaired) electrons. The van der Waals surface area contributed by atoms with E-state index in [0.29, 0.717) is 5.56 Å². The predicted molar refractivity (Wildman–Crippen MR) is 144 cm³/mol. The van der Waals surface area contributed by atoms with Gasteiger partial charge in [0.15, 0.2) is 0 Å². The molecule has 2 N–H and O–H groups in total. The number of carbonyl (C=O) groups is 2. The van der Waals surface area contributed by atoms with Crippen molar-refractivity contribution in [2.75, 3.05) is 29.2 Å². The van der Waals surface area contributed by atoms with Crippen LogP contribution in [0.1, 0.15) is 55.1 Å². The maximum atomic E-state index is 12.6. The highest BCUT2D eigenvalue weighted by molar-refractivity contribution is 5.94. The quantitative estimate of drug-likeness (QED) is 0.388. The summed E-state index contributed by atoms with van der Waals surface area (Å²) < 4.78 is 4.81. The number of methoxy groups -OCH3 is 1. The molecule has 0 unspecified atom stereocenters. The molecule has 0 saturated heterocycles. The van der Waals surface area contributed by atoms with E-state index in [0.717, 1.165) is 52.6 Å². The molecule has 1 aliphatic heterocycles. The van der Waals surface area contributed by atoms with E-state index in [4.69, 9.17) is 4.74 Å². The number of ether oxygens (including phenoxy) is 1. The molecule has 2 aliphatic rings. The highest BCUT2D eigenvalue weighted by Gasteiger charge is 2.32. The first kappa shape index (κ1) is 23.9. The Labute approximate surface area is 212 Å². The molecule has 1 heterocycles. The number of nitrogens with one attached hydrogen (secondary N) is 2. The van der Waals surface area contributed by atoms with Gasteiger partial charge in [-0.25, -0.2) is 4.79 Å². The van der Waals surface area contributed by atoms with Crippen LogP contribution in [0.5, 0.6) is 0 Å². The predicted octanol–water partition coefficient (Wildman–Crippen LogP) is 6.26. The third-order valence-electron chi connectivity index (χ3n) is 7.15. The normalized spacial score (nSPS) is 18.8. The number of amides is 1. The fourth-order valence-corrected chi connectivity index (χ4v) is 5.07. The van der Waals surface area contributed by atoms with Crippen molar-refractivity contribution < 1.29 is 14.3 Å². The lowest BCUT2D eigenvalue weighted by Crippen LogP contribution is -2.43. The number of carbonyl (C=O) groups excluding carboxylic acids is 2. The van der Waals surface area contributed by atoms with E-state index in [1.807, 2.05) is 17.0 Å². The zero-order valence-electron chi connectivity index (χ0n) is 21.1. The minimum atomic E-state index is -0.353. The van der Waals surface area contributed by atoms with Crippen molar-refractivity contribution in [1.82, 2.24) is 0 Å². The number of esters is 1. The van der Waals surface area contributed by atoms with E-state index in [1.54, 1.807) is 19.1 Å². The molecule has 1 amide bonds. The van der Waals surface area contributed by atoms with Crippen molar-refractivity contribution in [1.29, 1.82) is 0 Å². The van der Waals surface area contributed by atoms with Crippen LogP contribution in [0.15, 0.2) is 66.7 Å². The first-order valence-corrected chi connectivity index (χ1v) is 12.7. The molecule has 3 aromatic rings. The molecule has 36 heavy (non-hydrogen) atoms. The summed E-state index contributed by atoms with van der Waals surface area (Å²) in [7, 11) is 1.38. The third-order valence-corrected chi connectivity index (χ3v) is 7.15. The third kappa shape index (κ3) is 5.08. The van der Waals surface area contributed by atoms with Crippen molar-refractivity contribution in [2.24, 2.45) is 5.92 Å². The standard InChI is InChI=1S/C30H33N3O3/c1-19-15-28(32-25-12-9-22(10-13-25)30(35)36-3)27-17-24(11-14-29(27)33(19)20(2)34)23-5-4-6-26(16-23)31-18-21-7-8-21/h4-6,9-14,16-17,19,21,28,31-32H,7-8,15,18H2,1-3H3/t19-,28+/m0/s1. The van der Waals surface area contributed by atoms with Crippen LogP contribution in [-0.2, 0) is 9.53 Å². The molecule has 1 saturated carbocycles. The second-order valence-corrected chi connectivity index (χ2v) is 9.92. The summed E-state index contributed by atoms with van der Waals surface area (Å²) in [5.74, 6) is 0.503. The summed E-state index contributed by atoms with van der Waals surface area (Å²) in [4.78, 5) is 26.3. The topological polar surface area (TPSA) is 70.7 Å². The average Bonchev–Trinajstić information content (AvgIpc) is 3.72. The van der Waals surface area contributed by atoms with Crippen LogP contribution >= 0.6 is 0 Å². The highest BCUT2D eigenvalue weighted by atomic mass is 16.5. The number of hydrogen-bond donors (Lipinski definition) is 2. The van der Waals surface area contributed by atoms with Crippen LogP contribution in [0.2, 0.25) is 0 Å². The monoisotopic (exact) mass is 483 g/mol. The van der Waals surface area contributed by atoms with E-state index in [-0.39, 0.29) is 24.0 Å². The molecule has 0 spiro atoms. The van der Waals surface area contributed by atoms with Gasteiger partial charge in [0.1, 0.15) is 0 Å². The van der Waals surface area contributed by atoms with Gasteiger partial charge in [0.25, 0.3) is 0 Å². The summed E-state index contributed by atoms with van der Waals surface area (Å²) in [5, 5.41) is 7.21. The molecule has 0 aromatic heterocycles. The number of benzene rings is 3. The molecule has 0 bridgehead atoms. The zero-order chi connectivity index (χ0) is 25.2. The van der Waals surface area contributed by atoms with Gasteiger partial charge in [-0.2, -0.15) is 0 Å². The molecule has 6 heteroatoms. The Morgan fingerprint density at radius 1 is 0.972 bits per heavy atom. The van der Waals surface area contributed by atoms with Crippen LogP contribution in [-0.4, -0.2) is 31.6 Å². The Kier molecular flexibility index (Phi) is 6.68. The van der Waals surface area contributed by atoms with Crippen LogP contribution in [0.25, 0.3) is 11.1 Å². The Morgan fingerprint density at radius 2 is 1.72 bits per heavy atom. The summed E-state index contributed by atoms with van der Waals surface area (Å²) in [6.07, 6.45) is 3.42. The summed E-state index contributed by atoms with van der Waals surface area (Å²) in [6.45, 7) is 4.74. The maximum absolute atomic E-state index is 12.6. The van der Waals surface area contributed by atoms with Gasteiger partial charge in [-0.1, -0.05) is 18.2 Å². The van der Waals surface area contributed by atoms with Crippen molar-refractivity contribution in [3.8, 4) is 11.1 Å². The minimum Gasteiger partial charge on any atom is -0.465 e. The number of rotatable bonds is 7. The molecular formula is C30H33N3O3. The van der Waals surface area contributed by atoms with Gasteiger partial charge in [0.2, 0.25) is 5.91 Å². The lowest BCUT2D eigenvalue weighted by atomic mass is 9.88. The molecule has 2 atom stereocenters. The molecule has 6 nitrogen and oxygen atoms in total. The molecule has 5 rings (SSSR count).